The van der Waals surface area contributed by atoms with Crippen LogP contribution in [-0.4, -0.2) is 20.7 Å². The first kappa shape index (κ1) is 16.4. The Balaban J connectivity index is 2.30. The van der Waals surface area contributed by atoms with E-state index < -0.39 is 10.0 Å². The van der Waals surface area contributed by atoms with E-state index in [1.54, 1.807) is 18.2 Å². The average molecular weight is 344 g/mol. The lowest BCUT2D eigenvalue weighted by molar-refractivity contribution is 0.156. The summed E-state index contributed by atoms with van der Waals surface area (Å²) in [6.45, 7) is 0.161. The van der Waals surface area contributed by atoms with Gasteiger partial charge < -0.3 is 9.26 Å². The summed E-state index contributed by atoms with van der Waals surface area (Å²) in [4.78, 5) is 0.0164. The van der Waals surface area contributed by atoms with E-state index in [0.29, 0.717) is 22.6 Å². The van der Waals surface area contributed by atoms with Gasteiger partial charge in [0.2, 0.25) is 10.0 Å². The molecule has 2 N–H and O–H groups in total. The summed E-state index contributed by atoms with van der Waals surface area (Å²) in [5.74, 6) is 0.437. The van der Waals surface area contributed by atoms with E-state index in [-0.39, 0.29) is 11.5 Å². The highest BCUT2D eigenvalue weighted by Gasteiger charge is 2.24. The van der Waals surface area contributed by atoms with E-state index in [2.05, 4.69) is 5.16 Å². The topological polar surface area (TPSA) is 95.4 Å². The van der Waals surface area contributed by atoms with Crippen molar-refractivity contribution in [3.05, 3.63) is 60.4 Å². The Hall–Kier alpha value is -2.48. The van der Waals surface area contributed by atoms with E-state index in [4.69, 9.17) is 14.4 Å². The summed E-state index contributed by atoms with van der Waals surface area (Å²) in [6.07, 6.45) is 0. The molecule has 3 aromatic rings. The van der Waals surface area contributed by atoms with E-state index in [1.807, 2.05) is 30.3 Å². The van der Waals surface area contributed by atoms with Crippen LogP contribution >= 0.6 is 0 Å². The number of methoxy groups -OCH3 is 1. The minimum atomic E-state index is -3.90. The largest absolute Gasteiger partial charge is 0.377 e. The van der Waals surface area contributed by atoms with Gasteiger partial charge in [0, 0.05) is 18.2 Å². The molecule has 0 atom stereocenters. The fourth-order valence-corrected chi connectivity index (χ4v) is 3.29. The minimum absolute atomic E-state index is 0.0164. The molecule has 0 spiro atoms. The second-order valence-electron chi connectivity index (χ2n) is 5.17. The maximum atomic E-state index is 12.0. The number of sulfonamides is 1. The molecular formula is C17H16N2O4S. The van der Waals surface area contributed by atoms with Crippen molar-refractivity contribution < 1.29 is 17.7 Å². The van der Waals surface area contributed by atoms with Gasteiger partial charge in [-0.3, -0.25) is 0 Å². The van der Waals surface area contributed by atoms with Crippen LogP contribution in [0.4, 0.5) is 0 Å². The third kappa shape index (κ3) is 3.09. The van der Waals surface area contributed by atoms with Gasteiger partial charge >= 0.3 is 0 Å². The monoisotopic (exact) mass is 344 g/mol. The lowest BCUT2D eigenvalue weighted by atomic mass is 9.99. The molecule has 0 saturated carbocycles. The molecule has 3 rings (SSSR count). The molecule has 0 aliphatic carbocycles. The van der Waals surface area contributed by atoms with Crippen LogP contribution in [-0.2, 0) is 21.4 Å². The second kappa shape index (κ2) is 6.56. The molecule has 124 valence electrons. The van der Waals surface area contributed by atoms with Crippen LogP contribution in [0.3, 0.4) is 0 Å². The smallest absolute Gasteiger partial charge is 0.238 e. The van der Waals surface area contributed by atoms with E-state index in [1.165, 1.54) is 13.2 Å². The highest BCUT2D eigenvalue weighted by molar-refractivity contribution is 7.89. The minimum Gasteiger partial charge on any atom is -0.377 e. The zero-order chi connectivity index (χ0) is 17.2. The Labute approximate surface area is 139 Å². The summed E-state index contributed by atoms with van der Waals surface area (Å²) in [7, 11) is -2.37. The first-order valence-electron chi connectivity index (χ1n) is 7.17. The third-order valence-electron chi connectivity index (χ3n) is 3.55. The van der Waals surface area contributed by atoms with Gasteiger partial charge in [0.05, 0.1) is 10.5 Å². The second-order valence-corrected chi connectivity index (χ2v) is 6.70. The molecule has 1 heterocycles. The van der Waals surface area contributed by atoms with Gasteiger partial charge in [-0.2, -0.15) is 0 Å². The zero-order valence-electron chi connectivity index (χ0n) is 13.0. The van der Waals surface area contributed by atoms with Gasteiger partial charge in [-0.25, -0.2) is 13.6 Å². The zero-order valence-corrected chi connectivity index (χ0v) is 13.8. The summed E-state index contributed by atoms with van der Waals surface area (Å²) in [5, 5.41) is 9.48. The van der Waals surface area contributed by atoms with Crippen LogP contribution in [0.15, 0.2) is 64.0 Å². The maximum Gasteiger partial charge on any atom is 0.238 e. The maximum absolute atomic E-state index is 12.0. The fraction of sp³-hybridized carbons (Fsp3) is 0.118. The number of primary sulfonamides is 1. The van der Waals surface area contributed by atoms with Gasteiger partial charge in [0.25, 0.3) is 0 Å². The molecule has 1 aromatic heterocycles. The van der Waals surface area contributed by atoms with Crippen LogP contribution in [0.25, 0.3) is 22.4 Å². The lowest BCUT2D eigenvalue weighted by Crippen LogP contribution is -2.13. The Morgan fingerprint density at radius 1 is 1.08 bits per heavy atom. The van der Waals surface area contributed by atoms with Crippen molar-refractivity contribution in [2.45, 2.75) is 11.5 Å². The van der Waals surface area contributed by atoms with Gasteiger partial charge in [-0.05, 0) is 6.07 Å². The van der Waals surface area contributed by atoms with Gasteiger partial charge in [-0.15, -0.1) is 0 Å². The Bertz CT molecular complexity index is 950. The number of nitrogens with two attached hydrogens (primary N) is 1. The number of nitrogens with zero attached hydrogens (tertiary/aromatic N) is 1. The standard InChI is InChI=1S/C17H16N2O4S/c1-22-11-14-16(13-9-5-6-10-15(13)24(18,20)21)17(19-23-14)12-7-3-2-4-8-12/h2-10H,11H2,1H3,(H2,18,20,21). The number of ether oxygens (including phenoxy) is 1. The van der Waals surface area contributed by atoms with Crippen molar-refractivity contribution in [3.63, 3.8) is 0 Å². The van der Waals surface area contributed by atoms with E-state index in [9.17, 15) is 8.42 Å². The van der Waals surface area contributed by atoms with E-state index in [0.717, 1.165) is 5.56 Å². The molecule has 0 aliphatic heterocycles. The van der Waals surface area contributed by atoms with Gasteiger partial charge in [-0.1, -0.05) is 53.7 Å². The number of aromatic nitrogens is 1. The molecule has 0 aliphatic rings. The molecule has 2 aromatic carbocycles. The molecule has 0 saturated heterocycles. The predicted molar refractivity (Wildman–Crippen MR) is 89.5 cm³/mol. The van der Waals surface area contributed by atoms with Crippen molar-refractivity contribution in [2.75, 3.05) is 7.11 Å². The van der Waals surface area contributed by atoms with Crippen LogP contribution in [0.2, 0.25) is 0 Å². The van der Waals surface area contributed by atoms with Crippen molar-refractivity contribution in [1.29, 1.82) is 0 Å². The van der Waals surface area contributed by atoms with Gasteiger partial charge in [0.15, 0.2) is 5.76 Å². The molecule has 0 fully saturated rings. The highest BCUT2D eigenvalue weighted by atomic mass is 32.2. The molecule has 0 amide bonds. The number of benzene rings is 2. The Morgan fingerprint density at radius 2 is 1.75 bits per heavy atom. The predicted octanol–water partition coefficient (Wildman–Crippen LogP) is 2.80. The summed E-state index contributed by atoms with van der Waals surface area (Å²) >= 11 is 0. The fourth-order valence-electron chi connectivity index (χ4n) is 2.55. The van der Waals surface area contributed by atoms with Crippen molar-refractivity contribution in [2.24, 2.45) is 5.14 Å². The SMILES string of the molecule is COCc1onc(-c2ccccc2)c1-c1ccccc1S(N)(=O)=O. The molecule has 7 heteroatoms. The molecular weight excluding hydrogens is 328 g/mol. The number of hydrogen-bond acceptors (Lipinski definition) is 5. The number of rotatable bonds is 5. The summed E-state index contributed by atoms with van der Waals surface area (Å²) in [6, 6.07) is 15.9. The first-order valence-corrected chi connectivity index (χ1v) is 8.72. The first-order chi connectivity index (χ1) is 11.5. The van der Waals surface area contributed by atoms with Crippen molar-refractivity contribution in [3.8, 4) is 22.4 Å². The highest BCUT2D eigenvalue weighted by Crippen LogP contribution is 2.37. The molecule has 6 nitrogen and oxygen atoms in total. The van der Waals surface area contributed by atoms with Crippen molar-refractivity contribution >= 4 is 10.0 Å². The Kier molecular flexibility index (Phi) is 4.48. The third-order valence-corrected chi connectivity index (χ3v) is 4.52. The van der Waals surface area contributed by atoms with Crippen LogP contribution < -0.4 is 5.14 Å². The van der Waals surface area contributed by atoms with Crippen molar-refractivity contribution in [1.82, 2.24) is 5.16 Å². The van der Waals surface area contributed by atoms with Gasteiger partial charge in [0.1, 0.15) is 12.3 Å². The quantitative estimate of drug-likeness (QED) is 0.768. The Morgan fingerprint density at radius 3 is 2.42 bits per heavy atom. The normalized spacial score (nSPS) is 11.6. The molecule has 0 bridgehead atoms. The van der Waals surface area contributed by atoms with E-state index >= 15 is 0 Å². The molecule has 0 unspecified atom stereocenters. The van der Waals surface area contributed by atoms with Crippen LogP contribution in [0.5, 0.6) is 0 Å². The number of hydrogen-bond donors (Lipinski definition) is 1. The van der Waals surface area contributed by atoms with Crippen LogP contribution in [0.1, 0.15) is 5.76 Å². The summed E-state index contributed by atoms with van der Waals surface area (Å²) < 4.78 is 34.5. The molecule has 24 heavy (non-hydrogen) atoms. The summed E-state index contributed by atoms with van der Waals surface area (Å²) in [5.41, 5.74) is 2.35. The lowest BCUT2D eigenvalue weighted by Gasteiger charge is -2.09. The molecule has 0 radical (unpaired) electrons. The average Bonchev–Trinajstić information content (AvgIpc) is 2.99. The van der Waals surface area contributed by atoms with Crippen LogP contribution in [0, 0.1) is 0 Å².